The largest absolute Gasteiger partial charge is 0.462 e. The molecule has 7 heteroatoms. The summed E-state index contributed by atoms with van der Waals surface area (Å²) in [4.78, 5) is 21.8. The zero-order valence-corrected chi connectivity index (χ0v) is 10.7. The molecule has 0 amide bonds. The quantitative estimate of drug-likeness (QED) is 0.483. The van der Waals surface area contributed by atoms with E-state index < -0.39 is 10.9 Å². The van der Waals surface area contributed by atoms with Crippen LogP contribution < -0.4 is 0 Å². The zero-order chi connectivity index (χ0) is 13.3. The second-order valence-corrected chi connectivity index (χ2v) is 4.87. The van der Waals surface area contributed by atoms with Crippen LogP contribution in [0.3, 0.4) is 0 Å². The smallest absolute Gasteiger partial charge is 0.339 e. The molecule has 0 aliphatic heterocycles. The number of hydrogen-bond donors (Lipinski definition) is 0. The van der Waals surface area contributed by atoms with E-state index in [0.717, 1.165) is 25.0 Å². The summed E-state index contributed by atoms with van der Waals surface area (Å²) in [5.41, 5.74) is -0.362. The third kappa shape index (κ3) is 2.91. The number of halogens is 2. The van der Waals surface area contributed by atoms with Crippen LogP contribution in [-0.2, 0) is 4.74 Å². The number of non-ortho nitro benzene ring substituents is 1. The van der Waals surface area contributed by atoms with Crippen molar-refractivity contribution in [2.24, 2.45) is 5.92 Å². The topological polar surface area (TPSA) is 69.4 Å². The molecule has 1 aliphatic rings. The molecule has 1 saturated carbocycles. The van der Waals surface area contributed by atoms with Crippen molar-refractivity contribution in [2.45, 2.75) is 12.8 Å². The van der Waals surface area contributed by atoms with E-state index >= 15 is 0 Å². The molecule has 0 N–H and O–H groups in total. The molecule has 0 aromatic heterocycles. The lowest BCUT2D eigenvalue weighted by Crippen LogP contribution is -2.09. The summed E-state index contributed by atoms with van der Waals surface area (Å²) in [5.74, 6) is -0.278. The fourth-order valence-electron chi connectivity index (χ4n) is 1.38. The van der Waals surface area contributed by atoms with Crippen molar-refractivity contribution in [1.82, 2.24) is 0 Å². The molecule has 0 bridgehead atoms. The number of carbonyl (C=O) groups excluding carboxylic acids is 1. The highest BCUT2D eigenvalue weighted by Crippen LogP contribution is 2.33. The Bertz CT molecular complexity index is 514. The first-order valence-corrected chi connectivity index (χ1v) is 6.05. The van der Waals surface area contributed by atoms with Crippen molar-refractivity contribution >= 4 is 34.9 Å². The van der Waals surface area contributed by atoms with Crippen molar-refractivity contribution in [1.29, 1.82) is 0 Å². The van der Waals surface area contributed by atoms with Gasteiger partial charge < -0.3 is 4.74 Å². The van der Waals surface area contributed by atoms with Crippen molar-refractivity contribution in [3.05, 3.63) is 37.9 Å². The molecule has 18 heavy (non-hydrogen) atoms. The number of nitrogens with zero attached hydrogens (tertiary/aromatic N) is 1. The molecule has 0 spiro atoms. The van der Waals surface area contributed by atoms with E-state index in [2.05, 4.69) is 0 Å². The van der Waals surface area contributed by atoms with E-state index in [1.54, 1.807) is 0 Å². The summed E-state index contributed by atoms with van der Waals surface area (Å²) in [6.07, 6.45) is 2.08. The predicted octanol–water partition coefficient (Wildman–Crippen LogP) is 3.47. The second-order valence-electron chi connectivity index (χ2n) is 4.09. The number of nitro benzene ring substituents is 1. The fourth-order valence-corrected chi connectivity index (χ4v) is 1.78. The van der Waals surface area contributed by atoms with Crippen molar-refractivity contribution in [3.8, 4) is 0 Å². The molecule has 0 heterocycles. The SMILES string of the molecule is O=C(OCC1CC1)c1cc([N+](=O)[O-])cc(Cl)c1Cl. The van der Waals surface area contributed by atoms with Crippen molar-refractivity contribution in [2.75, 3.05) is 6.61 Å². The molecule has 2 rings (SSSR count). The number of esters is 1. The van der Waals surface area contributed by atoms with E-state index in [1.807, 2.05) is 0 Å². The summed E-state index contributed by atoms with van der Waals surface area (Å²) in [7, 11) is 0. The minimum atomic E-state index is -0.683. The third-order valence-electron chi connectivity index (χ3n) is 2.59. The number of hydrogen-bond acceptors (Lipinski definition) is 4. The van der Waals surface area contributed by atoms with Gasteiger partial charge in [-0.1, -0.05) is 23.2 Å². The van der Waals surface area contributed by atoms with Gasteiger partial charge in [0.15, 0.2) is 0 Å². The van der Waals surface area contributed by atoms with E-state index in [-0.39, 0.29) is 21.3 Å². The van der Waals surface area contributed by atoms with E-state index in [9.17, 15) is 14.9 Å². The Kier molecular flexibility index (Phi) is 3.73. The highest BCUT2D eigenvalue weighted by Gasteiger charge is 2.25. The summed E-state index contributed by atoms with van der Waals surface area (Å²) < 4.78 is 5.02. The molecule has 5 nitrogen and oxygen atoms in total. The number of ether oxygens (including phenoxy) is 1. The van der Waals surface area contributed by atoms with Crippen LogP contribution in [0.5, 0.6) is 0 Å². The van der Waals surface area contributed by atoms with Gasteiger partial charge in [-0.3, -0.25) is 10.1 Å². The summed E-state index contributed by atoms with van der Waals surface area (Å²) in [6, 6.07) is 2.17. The summed E-state index contributed by atoms with van der Waals surface area (Å²) >= 11 is 11.6. The highest BCUT2D eigenvalue weighted by molar-refractivity contribution is 6.43. The van der Waals surface area contributed by atoms with Crippen LogP contribution in [0, 0.1) is 16.0 Å². The average Bonchev–Trinajstić information content (AvgIpc) is 3.13. The van der Waals surface area contributed by atoms with E-state index in [4.69, 9.17) is 27.9 Å². The molecule has 1 aromatic carbocycles. The first-order valence-electron chi connectivity index (χ1n) is 5.29. The first-order chi connectivity index (χ1) is 8.49. The van der Waals surface area contributed by atoms with Crippen LogP contribution in [0.4, 0.5) is 5.69 Å². The van der Waals surface area contributed by atoms with Crippen LogP contribution in [0.2, 0.25) is 10.0 Å². The van der Waals surface area contributed by atoms with Crippen LogP contribution >= 0.6 is 23.2 Å². The van der Waals surface area contributed by atoms with E-state index in [1.165, 1.54) is 0 Å². The van der Waals surface area contributed by atoms with Crippen molar-refractivity contribution < 1.29 is 14.5 Å². The Morgan fingerprint density at radius 1 is 1.44 bits per heavy atom. The van der Waals surface area contributed by atoms with Crippen LogP contribution in [-0.4, -0.2) is 17.5 Å². The maximum absolute atomic E-state index is 11.7. The van der Waals surface area contributed by atoms with Crippen LogP contribution in [0.15, 0.2) is 12.1 Å². The van der Waals surface area contributed by atoms with Gasteiger partial charge in [0.1, 0.15) is 0 Å². The number of nitro groups is 1. The lowest BCUT2D eigenvalue weighted by molar-refractivity contribution is -0.384. The molecule has 1 aromatic rings. The van der Waals surface area contributed by atoms with Gasteiger partial charge >= 0.3 is 5.97 Å². The molecular formula is C11H9Cl2NO4. The van der Waals surface area contributed by atoms with Gasteiger partial charge in [-0.2, -0.15) is 0 Å². The lowest BCUT2D eigenvalue weighted by atomic mass is 10.2. The van der Waals surface area contributed by atoms with Gasteiger partial charge in [0.2, 0.25) is 0 Å². The molecule has 1 fully saturated rings. The van der Waals surface area contributed by atoms with Gasteiger partial charge in [0.25, 0.3) is 5.69 Å². The molecule has 1 aliphatic carbocycles. The van der Waals surface area contributed by atoms with Gasteiger partial charge in [-0.25, -0.2) is 4.79 Å². The predicted molar refractivity (Wildman–Crippen MR) is 66.1 cm³/mol. The molecule has 0 saturated heterocycles. The molecule has 0 radical (unpaired) electrons. The number of benzene rings is 1. The van der Waals surface area contributed by atoms with E-state index in [0.29, 0.717) is 12.5 Å². The minimum absolute atomic E-state index is 0.0249. The Morgan fingerprint density at radius 3 is 2.67 bits per heavy atom. The van der Waals surface area contributed by atoms with Gasteiger partial charge in [0, 0.05) is 12.1 Å². The highest BCUT2D eigenvalue weighted by atomic mass is 35.5. The minimum Gasteiger partial charge on any atom is -0.462 e. The monoisotopic (exact) mass is 289 g/mol. The van der Waals surface area contributed by atoms with Crippen molar-refractivity contribution in [3.63, 3.8) is 0 Å². The zero-order valence-electron chi connectivity index (χ0n) is 9.19. The third-order valence-corrected chi connectivity index (χ3v) is 3.39. The second kappa shape index (κ2) is 5.12. The van der Waals surface area contributed by atoms with Crippen LogP contribution in [0.25, 0.3) is 0 Å². The van der Waals surface area contributed by atoms with Gasteiger partial charge in [-0.15, -0.1) is 0 Å². The Morgan fingerprint density at radius 2 is 2.11 bits per heavy atom. The first kappa shape index (κ1) is 13.1. The normalized spacial score (nSPS) is 14.3. The average molecular weight is 290 g/mol. The lowest BCUT2D eigenvalue weighted by Gasteiger charge is -2.06. The molecule has 0 atom stereocenters. The number of carbonyl (C=O) groups is 1. The Labute approximate surface area is 113 Å². The Hall–Kier alpha value is -1.33. The van der Waals surface area contributed by atoms with Gasteiger partial charge in [0.05, 0.1) is 27.1 Å². The molecular weight excluding hydrogens is 281 g/mol. The maximum Gasteiger partial charge on any atom is 0.339 e. The number of rotatable bonds is 4. The summed E-state index contributed by atoms with van der Waals surface area (Å²) in [5, 5.41) is 10.6. The fraction of sp³-hybridized carbons (Fsp3) is 0.364. The maximum atomic E-state index is 11.7. The summed E-state index contributed by atoms with van der Waals surface area (Å²) in [6.45, 7) is 0.315. The molecule has 0 unspecified atom stereocenters. The van der Waals surface area contributed by atoms with Crippen LogP contribution in [0.1, 0.15) is 23.2 Å². The molecule has 96 valence electrons. The standard InChI is InChI=1S/C11H9Cl2NO4/c12-9-4-7(14(16)17)3-8(10(9)13)11(15)18-5-6-1-2-6/h3-4,6H,1-2,5H2. The van der Waals surface area contributed by atoms with Gasteiger partial charge in [-0.05, 0) is 18.8 Å². The Balaban J connectivity index is 2.23.